The highest BCUT2D eigenvalue weighted by Crippen LogP contribution is 2.53. The summed E-state index contributed by atoms with van der Waals surface area (Å²) in [6.45, 7) is 8.51. The number of benzene rings is 3. The first-order valence-electron chi connectivity index (χ1n) is 13.8. The van der Waals surface area contributed by atoms with Crippen molar-refractivity contribution in [3.8, 4) is 0 Å². The number of anilines is 1. The van der Waals surface area contributed by atoms with Crippen LogP contribution in [0, 0.1) is 13.8 Å². The second-order valence-electron chi connectivity index (χ2n) is 11.0. The fourth-order valence-corrected chi connectivity index (χ4v) is 6.24. The smallest absolute Gasteiger partial charge is 0.291 e. The minimum atomic E-state index is -1.67. The van der Waals surface area contributed by atoms with Gasteiger partial charge in [-0.1, -0.05) is 48.0 Å². The average Bonchev–Trinajstić information content (AvgIpc) is 3.33. The molecule has 1 atom stereocenters. The normalized spacial score (nSPS) is 17.8. The molecule has 0 saturated carbocycles. The van der Waals surface area contributed by atoms with Gasteiger partial charge in [-0.2, -0.15) is 0 Å². The van der Waals surface area contributed by atoms with E-state index in [0.29, 0.717) is 40.3 Å². The zero-order valence-corrected chi connectivity index (χ0v) is 24.2. The van der Waals surface area contributed by atoms with E-state index in [-0.39, 0.29) is 41.9 Å². The van der Waals surface area contributed by atoms with Gasteiger partial charge in [0.1, 0.15) is 5.58 Å². The Bertz CT molecular complexity index is 1780. The zero-order chi connectivity index (χ0) is 29.1. The van der Waals surface area contributed by atoms with Crippen molar-refractivity contribution in [3.63, 3.8) is 0 Å². The largest absolute Gasteiger partial charge is 0.450 e. The lowest BCUT2D eigenvalue weighted by Gasteiger charge is -2.34. The number of halogens is 1. The third-order valence-corrected chi connectivity index (χ3v) is 8.48. The molecule has 7 nitrogen and oxygen atoms in total. The predicted molar refractivity (Wildman–Crippen MR) is 159 cm³/mol. The molecule has 8 heteroatoms. The number of aryl methyl sites for hydroxylation is 2. The molecular formula is C33H31ClN2O5. The summed E-state index contributed by atoms with van der Waals surface area (Å²) >= 11 is 6.51. The Balaban J connectivity index is 1.59. The second kappa shape index (κ2) is 10.2. The number of para-hydroxylation sites is 1. The Morgan fingerprint density at radius 3 is 2.44 bits per heavy atom. The highest BCUT2D eigenvalue weighted by molar-refractivity contribution is 6.31. The van der Waals surface area contributed by atoms with E-state index in [4.69, 9.17) is 20.8 Å². The topological polar surface area (TPSA) is 80.1 Å². The van der Waals surface area contributed by atoms with Gasteiger partial charge in [-0.25, -0.2) is 0 Å². The standard InChI is InChI=1S/C33H31ClN2O5/c1-19(2)40-15-9-14-36-31(38)30-28(29(37)23-16-20(3)21(4)17-27(23)41-30)33(36)24-11-6-8-13-26(24)35(32(33)39)18-22-10-5-7-12-25(22)34/h5-8,10-13,16-17,19H,9,14-15,18H2,1-4H3. The van der Waals surface area contributed by atoms with E-state index >= 15 is 0 Å². The molecule has 0 radical (unpaired) electrons. The van der Waals surface area contributed by atoms with Crippen LogP contribution in [-0.2, 0) is 21.6 Å². The summed E-state index contributed by atoms with van der Waals surface area (Å²) in [6.07, 6.45) is 0.501. The van der Waals surface area contributed by atoms with Gasteiger partial charge in [0.2, 0.25) is 5.76 Å². The molecule has 6 rings (SSSR count). The number of fused-ring (bicyclic) bond motifs is 5. The van der Waals surface area contributed by atoms with Crippen molar-refractivity contribution < 1.29 is 18.7 Å². The highest BCUT2D eigenvalue weighted by Gasteiger charge is 2.64. The molecule has 2 aliphatic rings. The average molecular weight is 571 g/mol. The van der Waals surface area contributed by atoms with E-state index in [1.165, 1.54) is 4.90 Å². The summed E-state index contributed by atoms with van der Waals surface area (Å²) in [6, 6.07) is 18.2. The van der Waals surface area contributed by atoms with E-state index in [1.807, 2.05) is 70.2 Å². The van der Waals surface area contributed by atoms with Crippen LogP contribution in [-0.4, -0.2) is 36.0 Å². The summed E-state index contributed by atoms with van der Waals surface area (Å²) in [4.78, 5) is 46.5. The van der Waals surface area contributed by atoms with Crippen molar-refractivity contribution in [2.75, 3.05) is 18.1 Å². The fraction of sp³-hybridized carbons (Fsp3) is 0.303. The zero-order valence-electron chi connectivity index (χ0n) is 23.5. The first-order chi connectivity index (χ1) is 19.7. The fourth-order valence-electron chi connectivity index (χ4n) is 6.04. The van der Waals surface area contributed by atoms with Crippen molar-refractivity contribution in [2.24, 2.45) is 0 Å². The molecule has 41 heavy (non-hydrogen) atoms. The number of carbonyl (C=O) groups is 2. The van der Waals surface area contributed by atoms with Gasteiger partial charge in [0, 0.05) is 23.7 Å². The molecule has 2 amide bonds. The van der Waals surface area contributed by atoms with E-state index < -0.39 is 11.4 Å². The lowest BCUT2D eigenvalue weighted by Crippen LogP contribution is -2.53. The quantitative estimate of drug-likeness (QED) is 0.250. The van der Waals surface area contributed by atoms with Crippen LogP contribution in [0.2, 0.25) is 5.02 Å². The SMILES string of the molecule is Cc1cc2oc3c(c(=O)c2cc1C)C1(C(=O)N(Cc2ccccc2Cl)c2ccccc21)N(CCCOC(C)C)C3=O. The number of nitrogens with zero attached hydrogens (tertiary/aromatic N) is 2. The maximum absolute atomic E-state index is 14.8. The Morgan fingerprint density at radius 1 is 0.976 bits per heavy atom. The minimum Gasteiger partial charge on any atom is -0.450 e. The lowest BCUT2D eigenvalue weighted by atomic mass is 9.83. The molecule has 0 saturated heterocycles. The van der Waals surface area contributed by atoms with E-state index in [0.717, 1.165) is 16.7 Å². The maximum atomic E-state index is 14.8. The van der Waals surface area contributed by atoms with Gasteiger partial charge in [0.15, 0.2) is 11.0 Å². The molecule has 1 unspecified atom stereocenters. The molecule has 1 aromatic heterocycles. The van der Waals surface area contributed by atoms with E-state index in [2.05, 4.69) is 0 Å². The monoisotopic (exact) mass is 570 g/mol. The van der Waals surface area contributed by atoms with Crippen molar-refractivity contribution in [3.05, 3.63) is 109 Å². The minimum absolute atomic E-state index is 0.0235. The number of hydrogen-bond acceptors (Lipinski definition) is 5. The first-order valence-corrected chi connectivity index (χ1v) is 14.2. The van der Waals surface area contributed by atoms with Crippen LogP contribution >= 0.6 is 11.6 Å². The van der Waals surface area contributed by atoms with Crippen LogP contribution in [0.15, 0.2) is 69.9 Å². The summed E-state index contributed by atoms with van der Waals surface area (Å²) in [5.41, 5.74) is 2.18. The van der Waals surface area contributed by atoms with Crippen molar-refractivity contribution in [2.45, 2.75) is 52.3 Å². The second-order valence-corrected chi connectivity index (χ2v) is 11.4. The molecule has 4 aromatic rings. The molecule has 0 aliphatic carbocycles. The van der Waals surface area contributed by atoms with Gasteiger partial charge in [-0.15, -0.1) is 0 Å². The third kappa shape index (κ3) is 4.10. The number of ether oxygens (including phenoxy) is 1. The number of carbonyl (C=O) groups excluding carboxylic acids is 2. The number of amides is 2. The van der Waals surface area contributed by atoms with Crippen molar-refractivity contribution in [1.29, 1.82) is 0 Å². The van der Waals surface area contributed by atoms with Crippen LogP contribution in [0.5, 0.6) is 0 Å². The Kier molecular flexibility index (Phi) is 6.75. The van der Waals surface area contributed by atoms with Crippen LogP contribution in [0.25, 0.3) is 11.0 Å². The summed E-state index contributed by atoms with van der Waals surface area (Å²) < 4.78 is 12.0. The predicted octanol–water partition coefficient (Wildman–Crippen LogP) is 6.12. The van der Waals surface area contributed by atoms with E-state index in [1.54, 1.807) is 23.1 Å². The molecule has 3 heterocycles. The van der Waals surface area contributed by atoms with Crippen LogP contribution in [0.3, 0.4) is 0 Å². The van der Waals surface area contributed by atoms with E-state index in [9.17, 15) is 14.4 Å². The molecule has 3 aromatic carbocycles. The van der Waals surface area contributed by atoms with Crippen LogP contribution < -0.4 is 10.3 Å². The molecule has 0 fully saturated rings. The molecule has 0 N–H and O–H groups in total. The van der Waals surface area contributed by atoms with Gasteiger partial charge in [0.25, 0.3) is 11.8 Å². The van der Waals surface area contributed by atoms with Gasteiger partial charge in [-0.3, -0.25) is 14.4 Å². The Hall–Kier alpha value is -3.94. The van der Waals surface area contributed by atoms with Gasteiger partial charge in [-0.05, 0) is 75.1 Å². The maximum Gasteiger partial charge on any atom is 0.291 e. The lowest BCUT2D eigenvalue weighted by molar-refractivity contribution is -0.126. The van der Waals surface area contributed by atoms with Crippen LogP contribution in [0.4, 0.5) is 5.69 Å². The molecule has 2 aliphatic heterocycles. The van der Waals surface area contributed by atoms with Crippen LogP contribution in [0.1, 0.15) is 58.6 Å². The Labute approximate surface area is 243 Å². The molecular weight excluding hydrogens is 540 g/mol. The highest BCUT2D eigenvalue weighted by atomic mass is 35.5. The summed E-state index contributed by atoms with van der Waals surface area (Å²) in [5.74, 6) is -0.950. The summed E-state index contributed by atoms with van der Waals surface area (Å²) in [5, 5.41) is 0.875. The van der Waals surface area contributed by atoms with Gasteiger partial charge in [0.05, 0.1) is 29.3 Å². The first kappa shape index (κ1) is 27.2. The van der Waals surface area contributed by atoms with Gasteiger partial charge < -0.3 is 19.0 Å². The molecule has 1 spiro atoms. The number of hydrogen-bond donors (Lipinski definition) is 0. The van der Waals surface area contributed by atoms with Crippen molar-refractivity contribution in [1.82, 2.24) is 4.90 Å². The molecule has 0 bridgehead atoms. The summed E-state index contributed by atoms with van der Waals surface area (Å²) in [7, 11) is 0. The Morgan fingerprint density at radius 2 is 1.68 bits per heavy atom. The third-order valence-electron chi connectivity index (χ3n) is 8.12. The van der Waals surface area contributed by atoms with Gasteiger partial charge >= 0.3 is 0 Å². The molecule has 210 valence electrons. The number of rotatable bonds is 7. The van der Waals surface area contributed by atoms with Crippen molar-refractivity contribution >= 4 is 40.1 Å².